The van der Waals surface area contributed by atoms with Gasteiger partial charge in [-0.3, -0.25) is 0 Å². The Hall–Kier alpha value is -2.15. The smallest absolute Gasteiger partial charge is 0.410 e. The molecule has 0 aliphatic carbocycles. The third kappa shape index (κ3) is 3.79. The molecule has 0 radical (unpaired) electrons. The molecule has 2 heterocycles. The van der Waals surface area contributed by atoms with E-state index in [4.69, 9.17) is 4.74 Å². The summed E-state index contributed by atoms with van der Waals surface area (Å²) in [5, 5.41) is 11.8. The van der Waals surface area contributed by atoms with Crippen molar-refractivity contribution in [2.75, 3.05) is 19.6 Å². The Morgan fingerprint density at radius 2 is 2.17 bits per heavy atom. The molecule has 3 rings (SSSR count). The summed E-state index contributed by atoms with van der Waals surface area (Å²) in [7, 11) is 0. The largest absolute Gasteiger partial charge is 0.444 e. The van der Waals surface area contributed by atoms with Crippen LogP contribution in [0.1, 0.15) is 20.8 Å². The van der Waals surface area contributed by atoms with Crippen molar-refractivity contribution >= 4 is 17.1 Å². The molecule has 0 unspecified atom stereocenters. The summed E-state index contributed by atoms with van der Waals surface area (Å²) in [5.74, 6) is 0. The zero-order valence-corrected chi connectivity index (χ0v) is 13.8. The highest BCUT2D eigenvalue weighted by Gasteiger charge is 2.27. The number of hydrogen-bond donors (Lipinski definition) is 1. The topological polar surface area (TPSA) is 72.3 Å². The van der Waals surface area contributed by atoms with E-state index in [-0.39, 0.29) is 12.1 Å². The lowest BCUT2D eigenvalue weighted by atomic mass is 10.2. The molecule has 1 amide bonds. The van der Waals surface area contributed by atoms with Crippen molar-refractivity contribution in [1.82, 2.24) is 25.2 Å². The number of benzene rings is 1. The first-order valence-corrected chi connectivity index (χ1v) is 7.92. The fourth-order valence-electron chi connectivity index (χ4n) is 2.70. The Morgan fingerprint density at radius 1 is 1.39 bits per heavy atom. The Kier molecular flexibility index (Phi) is 4.21. The maximum atomic E-state index is 12.2. The Labute approximate surface area is 135 Å². The van der Waals surface area contributed by atoms with Crippen molar-refractivity contribution in [1.29, 1.82) is 0 Å². The number of hydrogen-bond acceptors (Lipinski definition) is 5. The Morgan fingerprint density at radius 3 is 2.96 bits per heavy atom. The lowest BCUT2D eigenvalue weighted by molar-refractivity contribution is 0.0189. The second kappa shape index (κ2) is 6.16. The van der Waals surface area contributed by atoms with Crippen molar-refractivity contribution in [2.24, 2.45) is 0 Å². The second-order valence-electron chi connectivity index (χ2n) is 6.84. The van der Waals surface area contributed by atoms with E-state index in [9.17, 15) is 4.79 Å². The van der Waals surface area contributed by atoms with E-state index in [1.54, 1.807) is 4.90 Å². The lowest BCUT2D eigenvalue weighted by Gasteiger charge is -2.34. The summed E-state index contributed by atoms with van der Waals surface area (Å²) >= 11 is 0. The third-order valence-electron chi connectivity index (χ3n) is 3.72. The van der Waals surface area contributed by atoms with Gasteiger partial charge < -0.3 is 15.0 Å². The molecule has 1 aromatic carbocycles. The van der Waals surface area contributed by atoms with Crippen LogP contribution in [0.3, 0.4) is 0 Å². The number of aromatic nitrogens is 3. The van der Waals surface area contributed by atoms with E-state index in [0.29, 0.717) is 19.6 Å². The van der Waals surface area contributed by atoms with Gasteiger partial charge in [0.05, 0.1) is 12.1 Å². The average Bonchev–Trinajstić information content (AvgIpc) is 2.89. The molecule has 7 nitrogen and oxygen atoms in total. The molecule has 1 N–H and O–H groups in total. The van der Waals surface area contributed by atoms with Crippen molar-refractivity contribution < 1.29 is 9.53 Å². The van der Waals surface area contributed by atoms with Crippen LogP contribution in [0, 0.1) is 0 Å². The number of amides is 1. The van der Waals surface area contributed by atoms with Crippen molar-refractivity contribution in [3.8, 4) is 0 Å². The number of fused-ring (bicyclic) bond motifs is 1. The van der Waals surface area contributed by atoms with Crippen LogP contribution >= 0.6 is 0 Å². The number of rotatable bonds is 2. The number of nitrogens with one attached hydrogen (secondary N) is 1. The van der Waals surface area contributed by atoms with Gasteiger partial charge in [0.15, 0.2) is 0 Å². The zero-order chi connectivity index (χ0) is 16.4. The Balaban J connectivity index is 1.66. The number of piperazine rings is 1. The van der Waals surface area contributed by atoms with E-state index >= 15 is 0 Å². The first-order valence-electron chi connectivity index (χ1n) is 7.92. The molecular weight excluding hydrogens is 294 g/mol. The molecule has 2 aromatic rings. The van der Waals surface area contributed by atoms with E-state index < -0.39 is 5.60 Å². The van der Waals surface area contributed by atoms with E-state index in [2.05, 4.69) is 15.6 Å². The van der Waals surface area contributed by atoms with Crippen molar-refractivity contribution in [3.63, 3.8) is 0 Å². The summed E-state index contributed by atoms with van der Waals surface area (Å²) < 4.78 is 7.34. The lowest BCUT2D eigenvalue weighted by Crippen LogP contribution is -2.54. The number of para-hydroxylation sites is 1. The molecule has 23 heavy (non-hydrogen) atoms. The molecule has 1 atom stereocenters. The third-order valence-corrected chi connectivity index (χ3v) is 3.72. The first-order chi connectivity index (χ1) is 10.9. The second-order valence-corrected chi connectivity index (χ2v) is 6.84. The molecule has 7 heteroatoms. The molecule has 1 fully saturated rings. The molecule has 1 saturated heterocycles. The maximum absolute atomic E-state index is 12.2. The van der Waals surface area contributed by atoms with Gasteiger partial charge in [0.25, 0.3) is 0 Å². The molecule has 124 valence electrons. The van der Waals surface area contributed by atoms with Gasteiger partial charge in [-0.1, -0.05) is 17.3 Å². The molecule has 0 saturated carbocycles. The standard InChI is InChI=1S/C16H23N5O2/c1-16(2,3)23-15(22)20-9-8-17-12(10-20)11-21-14-7-5-4-6-13(14)18-19-21/h4-7,12,17H,8-11H2,1-3H3/t12-/m0/s1. The normalized spacial score (nSPS) is 19.1. The van der Waals surface area contributed by atoms with Crippen LogP contribution in [0.2, 0.25) is 0 Å². The van der Waals surface area contributed by atoms with Crippen LogP contribution in [0.5, 0.6) is 0 Å². The van der Waals surface area contributed by atoms with E-state index in [1.165, 1.54) is 0 Å². The molecule has 0 spiro atoms. The highest BCUT2D eigenvalue weighted by molar-refractivity contribution is 5.73. The van der Waals surface area contributed by atoms with Gasteiger partial charge in [0.2, 0.25) is 0 Å². The van der Waals surface area contributed by atoms with E-state index in [1.807, 2.05) is 49.7 Å². The quantitative estimate of drug-likeness (QED) is 0.911. The summed E-state index contributed by atoms with van der Waals surface area (Å²) in [6.45, 7) is 8.31. The van der Waals surface area contributed by atoms with Crippen LogP contribution in [0.4, 0.5) is 4.79 Å². The van der Waals surface area contributed by atoms with Gasteiger partial charge >= 0.3 is 6.09 Å². The van der Waals surface area contributed by atoms with Gasteiger partial charge in [-0.2, -0.15) is 0 Å². The first kappa shape index (κ1) is 15.7. The fourth-order valence-corrected chi connectivity index (χ4v) is 2.70. The van der Waals surface area contributed by atoms with Gasteiger partial charge in [-0.15, -0.1) is 5.10 Å². The number of nitrogens with zero attached hydrogens (tertiary/aromatic N) is 4. The number of ether oxygens (including phenoxy) is 1. The SMILES string of the molecule is CC(C)(C)OC(=O)N1CCN[C@H](Cn2nnc3ccccc32)C1. The zero-order valence-electron chi connectivity index (χ0n) is 13.8. The minimum atomic E-state index is -0.473. The van der Waals surface area contributed by atoms with Crippen LogP contribution in [0.25, 0.3) is 11.0 Å². The number of carbonyl (C=O) groups is 1. The highest BCUT2D eigenvalue weighted by Crippen LogP contribution is 2.14. The van der Waals surface area contributed by atoms with Crippen molar-refractivity contribution in [2.45, 2.75) is 39.0 Å². The van der Waals surface area contributed by atoms with Gasteiger partial charge in [-0.05, 0) is 32.9 Å². The minimum Gasteiger partial charge on any atom is -0.444 e. The van der Waals surface area contributed by atoms with Crippen LogP contribution in [-0.4, -0.2) is 57.3 Å². The summed E-state index contributed by atoms with van der Waals surface area (Å²) in [6, 6.07) is 8.00. The van der Waals surface area contributed by atoms with Gasteiger partial charge in [0, 0.05) is 25.7 Å². The minimum absolute atomic E-state index is 0.126. The summed E-state index contributed by atoms with van der Waals surface area (Å²) in [4.78, 5) is 14.0. The molecule has 0 bridgehead atoms. The highest BCUT2D eigenvalue weighted by atomic mass is 16.6. The van der Waals surface area contributed by atoms with Gasteiger partial charge in [-0.25, -0.2) is 9.48 Å². The number of carbonyl (C=O) groups excluding carboxylic acids is 1. The van der Waals surface area contributed by atoms with E-state index in [0.717, 1.165) is 17.6 Å². The molecule has 1 aliphatic heterocycles. The predicted octanol–water partition coefficient (Wildman–Crippen LogP) is 1.64. The fraction of sp³-hybridized carbons (Fsp3) is 0.562. The molecule has 1 aromatic heterocycles. The van der Waals surface area contributed by atoms with Gasteiger partial charge in [0.1, 0.15) is 11.1 Å². The molecule has 1 aliphatic rings. The van der Waals surface area contributed by atoms with Crippen LogP contribution in [-0.2, 0) is 11.3 Å². The summed E-state index contributed by atoms with van der Waals surface area (Å²) in [5.41, 5.74) is 1.41. The van der Waals surface area contributed by atoms with Crippen LogP contribution in [0.15, 0.2) is 24.3 Å². The van der Waals surface area contributed by atoms with Crippen LogP contribution < -0.4 is 5.32 Å². The summed E-state index contributed by atoms with van der Waals surface area (Å²) in [6.07, 6.45) is -0.257. The molecular formula is C16H23N5O2. The Bertz CT molecular complexity index is 691. The van der Waals surface area contributed by atoms with Crippen molar-refractivity contribution in [3.05, 3.63) is 24.3 Å². The monoisotopic (exact) mass is 317 g/mol. The maximum Gasteiger partial charge on any atom is 0.410 e. The average molecular weight is 317 g/mol. The predicted molar refractivity (Wildman–Crippen MR) is 87.1 cm³/mol.